The molecule has 0 aromatic heterocycles. The van der Waals surface area contributed by atoms with Gasteiger partial charge in [0.25, 0.3) is 5.69 Å². The zero-order valence-corrected chi connectivity index (χ0v) is 13.2. The first-order chi connectivity index (χ1) is 9.92. The quantitative estimate of drug-likeness (QED) is 0.412. The van der Waals surface area contributed by atoms with Crippen molar-refractivity contribution in [3.8, 4) is 11.5 Å². The van der Waals surface area contributed by atoms with Gasteiger partial charge in [0.1, 0.15) is 5.75 Å². The van der Waals surface area contributed by atoms with E-state index in [2.05, 4.69) is 15.9 Å². The van der Waals surface area contributed by atoms with E-state index in [9.17, 15) is 14.5 Å². The second-order valence-corrected chi connectivity index (χ2v) is 5.44. The molecule has 0 heterocycles. The van der Waals surface area contributed by atoms with Crippen molar-refractivity contribution in [3.63, 3.8) is 0 Å². The van der Waals surface area contributed by atoms with Gasteiger partial charge in [-0.2, -0.15) is 0 Å². The van der Waals surface area contributed by atoms with E-state index in [1.807, 2.05) is 0 Å². The van der Waals surface area contributed by atoms with Crippen LogP contribution in [0.5, 0.6) is 11.5 Å². The zero-order valence-electron chi connectivity index (χ0n) is 10.9. The Balaban J connectivity index is 2.34. The first-order valence-corrected chi connectivity index (χ1v) is 7.22. The summed E-state index contributed by atoms with van der Waals surface area (Å²) in [5.74, 6) is -0.109. The maximum absolute atomic E-state index is 13.9. The fourth-order valence-corrected chi connectivity index (χ4v) is 2.64. The number of nitrogens with zero attached hydrogens (tertiary/aromatic N) is 1. The highest BCUT2D eigenvalue weighted by Crippen LogP contribution is 2.32. The SMILES string of the molecule is Cc1cc(Oc2ccc(CCl)c(Br)c2)c(F)cc1[N+](=O)[O-]. The predicted octanol–water partition coefficient (Wildman–Crippen LogP) is 5.34. The molecule has 7 heteroatoms. The van der Waals surface area contributed by atoms with Crippen molar-refractivity contribution in [3.05, 3.63) is 61.9 Å². The Bertz CT molecular complexity index is 709. The van der Waals surface area contributed by atoms with Gasteiger partial charge < -0.3 is 4.74 Å². The number of ether oxygens (including phenoxy) is 1. The van der Waals surface area contributed by atoms with Crippen molar-refractivity contribution in [2.75, 3.05) is 0 Å². The summed E-state index contributed by atoms with van der Waals surface area (Å²) in [7, 11) is 0. The van der Waals surface area contributed by atoms with Gasteiger partial charge in [-0.05, 0) is 30.7 Å². The van der Waals surface area contributed by atoms with Crippen molar-refractivity contribution >= 4 is 33.2 Å². The van der Waals surface area contributed by atoms with Crippen LogP contribution < -0.4 is 4.74 Å². The van der Waals surface area contributed by atoms with Gasteiger partial charge >= 0.3 is 0 Å². The Morgan fingerprint density at radius 3 is 2.67 bits per heavy atom. The number of nitro benzene ring substituents is 1. The second-order valence-electron chi connectivity index (χ2n) is 4.32. The number of benzene rings is 2. The number of nitro groups is 1. The number of hydrogen-bond acceptors (Lipinski definition) is 3. The third kappa shape index (κ3) is 3.51. The second kappa shape index (κ2) is 6.41. The molecule has 110 valence electrons. The average molecular weight is 375 g/mol. The monoisotopic (exact) mass is 373 g/mol. The van der Waals surface area contributed by atoms with Gasteiger partial charge in [0.2, 0.25) is 0 Å². The molecule has 2 aromatic rings. The van der Waals surface area contributed by atoms with E-state index in [4.69, 9.17) is 16.3 Å². The summed E-state index contributed by atoms with van der Waals surface area (Å²) < 4.78 is 20.0. The summed E-state index contributed by atoms with van der Waals surface area (Å²) in [4.78, 5) is 10.1. The van der Waals surface area contributed by atoms with Crippen LogP contribution in [-0.4, -0.2) is 4.92 Å². The third-order valence-electron chi connectivity index (χ3n) is 2.84. The summed E-state index contributed by atoms with van der Waals surface area (Å²) in [5.41, 5.74) is 0.927. The van der Waals surface area contributed by atoms with Gasteiger partial charge in [0.15, 0.2) is 11.6 Å². The van der Waals surface area contributed by atoms with Crippen LogP contribution in [0.3, 0.4) is 0 Å². The average Bonchev–Trinajstić information content (AvgIpc) is 2.42. The van der Waals surface area contributed by atoms with E-state index in [1.165, 1.54) is 13.0 Å². The molecule has 0 bridgehead atoms. The summed E-state index contributed by atoms with van der Waals surface area (Å²) in [6.07, 6.45) is 0. The summed E-state index contributed by atoms with van der Waals surface area (Å²) in [6, 6.07) is 7.22. The Hall–Kier alpha value is -1.66. The van der Waals surface area contributed by atoms with Gasteiger partial charge in [0, 0.05) is 15.9 Å². The molecule has 0 aliphatic carbocycles. The van der Waals surface area contributed by atoms with Gasteiger partial charge in [0.05, 0.1) is 11.0 Å². The summed E-state index contributed by atoms with van der Waals surface area (Å²) >= 11 is 9.08. The molecule has 0 radical (unpaired) electrons. The van der Waals surface area contributed by atoms with E-state index in [0.717, 1.165) is 16.1 Å². The molecular weight excluding hydrogens is 365 g/mol. The highest BCUT2D eigenvalue weighted by atomic mass is 79.9. The predicted molar refractivity (Wildman–Crippen MR) is 81.6 cm³/mol. The van der Waals surface area contributed by atoms with Gasteiger partial charge in [-0.15, -0.1) is 11.6 Å². The summed E-state index contributed by atoms with van der Waals surface area (Å²) in [5, 5.41) is 10.7. The highest BCUT2D eigenvalue weighted by molar-refractivity contribution is 9.10. The van der Waals surface area contributed by atoms with Crippen LogP contribution >= 0.6 is 27.5 Å². The third-order valence-corrected chi connectivity index (χ3v) is 3.87. The smallest absolute Gasteiger partial charge is 0.275 e. The molecule has 0 fully saturated rings. The van der Waals surface area contributed by atoms with Crippen LogP contribution in [-0.2, 0) is 5.88 Å². The largest absolute Gasteiger partial charge is 0.454 e. The maximum atomic E-state index is 13.9. The van der Waals surface area contributed by atoms with E-state index in [-0.39, 0.29) is 11.4 Å². The van der Waals surface area contributed by atoms with E-state index in [1.54, 1.807) is 18.2 Å². The standard InChI is InChI=1S/C14H10BrClFNO3/c1-8-4-14(12(17)6-13(8)18(19)20)21-10-3-2-9(7-16)11(15)5-10/h2-6H,7H2,1H3. The molecule has 4 nitrogen and oxygen atoms in total. The van der Waals surface area contributed by atoms with Crippen LogP contribution in [0.25, 0.3) is 0 Å². The van der Waals surface area contributed by atoms with Crippen LogP contribution in [0, 0.1) is 22.9 Å². The van der Waals surface area contributed by atoms with Crippen molar-refractivity contribution in [1.29, 1.82) is 0 Å². The minimum Gasteiger partial charge on any atom is -0.454 e. The normalized spacial score (nSPS) is 10.5. The lowest BCUT2D eigenvalue weighted by Gasteiger charge is -2.09. The molecule has 0 aliphatic rings. The highest BCUT2D eigenvalue weighted by Gasteiger charge is 2.17. The van der Waals surface area contributed by atoms with Crippen LogP contribution in [0.15, 0.2) is 34.8 Å². The number of rotatable bonds is 4. The summed E-state index contributed by atoms with van der Waals surface area (Å²) in [6.45, 7) is 1.52. The molecular formula is C14H10BrClFNO3. The first-order valence-electron chi connectivity index (χ1n) is 5.89. The van der Waals surface area contributed by atoms with Crippen LogP contribution in [0.2, 0.25) is 0 Å². The molecule has 0 aliphatic heterocycles. The lowest BCUT2D eigenvalue weighted by Crippen LogP contribution is -1.96. The molecule has 0 amide bonds. The molecule has 0 saturated heterocycles. The topological polar surface area (TPSA) is 52.4 Å². The van der Waals surface area contributed by atoms with Gasteiger partial charge in [-0.25, -0.2) is 4.39 Å². The van der Waals surface area contributed by atoms with Crippen molar-refractivity contribution in [1.82, 2.24) is 0 Å². The van der Waals surface area contributed by atoms with E-state index in [0.29, 0.717) is 17.2 Å². The van der Waals surface area contributed by atoms with Crippen molar-refractivity contribution in [2.24, 2.45) is 0 Å². The molecule has 0 N–H and O–H groups in total. The fourth-order valence-electron chi connectivity index (χ4n) is 1.75. The number of aryl methyl sites for hydroxylation is 1. The zero-order chi connectivity index (χ0) is 15.6. The van der Waals surface area contributed by atoms with Crippen molar-refractivity contribution < 1.29 is 14.1 Å². The van der Waals surface area contributed by atoms with Crippen molar-refractivity contribution in [2.45, 2.75) is 12.8 Å². The fraction of sp³-hybridized carbons (Fsp3) is 0.143. The lowest BCUT2D eigenvalue weighted by molar-refractivity contribution is -0.385. The number of hydrogen-bond donors (Lipinski definition) is 0. The Kier molecular flexibility index (Phi) is 4.80. The molecule has 2 rings (SSSR count). The van der Waals surface area contributed by atoms with Crippen LogP contribution in [0.1, 0.15) is 11.1 Å². The molecule has 21 heavy (non-hydrogen) atoms. The minimum atomic E-state index is -0.787. The molecule has 0 unspecified atom stereocenters. The molecule has 2 aromatic carbocycles. The van der Waals surface area contributed by atoms with Gasteiger partial charge in [-0.3, -0.25) is 10.1 Å². The Morgan fingerprint density at radius 2 is 2.10 bits per heavy atom. The Labute approximate surface area is 133 Å². The molecule has 0 saturated carbocycles. The van der Waals surface area contributed by atoms with E-state index < -0.39 is 10.7 Å². The minimum absolute atomic E-state index is 0.0661. The van der Waals surface area contributed by atoms with E-state index >= 15 is 0 Å². The number of alkyl halides is 1. The maximum Gasteiger partial charge on any atom is 0.275 e. The lowest BCUT2D eigenvalue weighted by atomic mass is 10.2. The number of halogens is 3. The Morgan fingerprint density at radius 1 is 1.38 bits per heavy atom. The van der Waals surface area contributed by atoms with Gasteiger partial charge in [-0.1, -0.05) is 22.0 Å². The molecule has 0 spiro atoms. The first kappa shape index (κ1) is 15.7. The molecule has 0 atom stereocenters. The van der Waals surface area contributed by atoms with Crippen LogP contribution in [0.4, 0.5) is 10.1 Å².